The van der Waals surface area contributed by atoms with Gasteiger partial charge in [-0.1, -0.05) is 0 Å². The van der Waals surface area contributed by atoms with E-state index in [4.69, 9.17) is 15.5 Å². The van der Waals surface area contributed by atoms with E-state index in [1.54, 1.807) is 6.07 Å². The summed E-state index contributed by atoms with van der Waals surface area (Å²) in [6, 6.07) is 2.50. The minimum atomic E-state index is -1.32. The molecule has 0 aliphatic heterocycles. The third-order valence-electron chi connectivity index (χ3n) is 2.06. The van der Waals surface area contributed by atoms with Crippen molar-refractivity contribution in [1.82, 2.24) is 4.98 Å². The molecule has 17 heavy (non-hydrogen) atoms. The standard InChI is InChI=1S/C10H8N2O5/c11-4-5-3-6(10(16)17)7(12-9(5)15)1-2-8(13)14/h3H,1-2H2,(H,12,15)(H,13,14)(H,16,17). The largest absolute Gasteiger partial charge is 0.481 e. The van der Waals surface area contributed by atoms with E-state index in [9.17, 15) is 14.4 Å². The highest BCUT2D eigenvalue weighted by atomic mass is 16.4. The first-order chi connectivity index (χ1) is 7.95. The van der Waals surface area contributed by atoms with Crippen LogP contribution in [-0.2, 0) is 11.2 Å². The van der Waals surface area contributed by atoms with Gasteiger partial charge < -0.3 is 15.2 Å². The van der Waals surface area contributed by atoms with Crippen molar-refractivity contribution >= 4 is 11.9 Å². The lowest BCUT2D eigenvalue weighted by atomic mass is 10.1. The quantitative estimate of drug-likeness (QED) is 0.672. The monoisotopic (exact) mass is 236 g/mol. The van der Waals surface area contributed by atoms with Crippen LogP contribution in [0.2, 0.25) is 0 Å². The number of nitrogens with zero attached hydrogens (tertiary/aromatic N) is 1. The zero-order chi connectivity index (χ0) is 13.0. The van der Waals surface area contributed by atoms with E-state index >= 15 is 0 Å². The number of aromatic carboxylic acids is 1. The molecule has 1 aromatic heterocycles. The molecule has 88 valence electrons. The van der Waals surface area contributed by atoms with Crippen molar-refractivity contribution in [3.63, 3.8) is 0 Å². The SMILES string of the molecule is N#Cc1cc(C(=O)O)c(CCC(=O)O)[nH]c1=O. The maximum absolute atomic E-state index is 11.3. The van der Waals surface area contributed by atoms with Gasteiger partial charge in [0.2, 0.25) is 0 Å². The Kier molecular flexibility index (Phi) is 3.62. The number of aromatic amines is 1. The Morgan fingerprint density at radius 1 is 1.41 bits per heavy atom. The van der Waals surface area contributed by atoms with Crippen LogP contribution in [0, 0.1) is 11.3 Å². The zero-order valence-corrected chi connectivity index (χ0v) is 8.56. The number of hydrogen-bond donors (Lipinski definition) is 3. The van der Waals surface area contributed by atoms with Crippen molar-refractivity contribution < 1.29 is 19.8 Å². The van der Waals surface area contributed by atoms with Crippen molar-refractivity contribution in [1.29, 1.82) is 5.26 Å². The highest BCUT2D eigenvalue weighted by molar-refractivity contribution is 5.89. The van der Waals surface area contributed by atoms with E-state index in [0.717, 1.165) is 6.07 Å². The number of rotatable bonds is 4. The second kappa shape index (κ2) is 4.94. The van der Waals surface area contributed by atoms with Gasteiger partial charge >= 0.3 is 11.9 Å². The van der Waals surface area contributed by atoms with Gasteiger partial charge in [-0.15, -0.1) is 0 Å². The molecular weight excluding hydrogens is 228 g/mol. The van der Waals surface area contributed by atoms with E-state index in [1.165, 1.54) is 0 Å². The number of H-pyrrole nitrogens is 1. The van der Waals surface area contributed by atoms with Crippen LogP contribution in [0.25, 0.3) is 0 Å². The second-order valence-corrected chi connectivity index (χ2v) is 3.22. The highest BCUT2D eigenvalue weighted by Crippen LogP contribution is 2.08. The maximum atomic E-state index is 11.3. The van der Waals surface area contributed by atoms with Crippen molar-refractivity contribution in [2.75, 3.05) is 0 Å². The molecule has 0 saturated heterocycles. The van der Waals surface area contributed by atoms with Crippen LogP contribution in [0.3, 0.4) is 0 Å². The van der Waals surface area contributed by atoms with Crippen LogP contribution >= 0.6 is 0 Å². The summed E-state index contributed by atoms with van der Waals surface area (Å²) in [5, 5.41) is 25.9. The molecule has 1 heterocycles. The molecule has 0 atom stereocenters. The number of aliphatic carboxylic acids is 1. The molecule has 0 aromatic carbocycles. The number of aryl methyl sites for hydroxylation is 1. The number of carboxylic acid groups (broad SMARTS) is 2. The lowest BCUT2D eigenvalue weighted by molar-refractivity contribution is -0.137. The van der Waals surface area contributed by atoms with E-state index in [2.05, 4.69) is 4.98 Å². The fraction of sp³-hybridized carbons (Fsp3) is 0.200. The van der Waals surface area contributed by atoms with Crippen LogP contribution < -0.4 is 5.56 Å². The van der Waals surface area contributed by atoms with Gasteiger partial charge in [-0.2, -0.15) is 5.26 Å². The smallest absolute Gasteiger partial charge is 0.337 e. The lowest BCUT2D eigenvalue weighted by Crippen LogP contribution is -2.18. The fourth-order valence-electron chi connectivity index (χ4n) is 1.27. The Morgan fingerprint density at radius 2 is 2.06 bits per heavy atom. The Bertz CT molecular complexity index is 567. The number of aromatic nitrogens is 1. The number of pyridine rings is 1. The molecule has 7 nitrogen and oxygen atoms in total. The van der Waals surface area contributed by atoms with Crippen LogP contribution in [0.15, 0.2) is 10.9 Å². The predicted molar refractivity (Wildman–Crippen MR) is 54.7 cm³/mol. The van der Waals surface area contributed by atoms with E-state index < -0.39 is 17.5 Å². The predicted octanol–water partition coefficient (Wildman–Crippen LogP) is -0.0380. The summed E-state index contributed by atoms with van der Waals surface area (Å²) in [7, 11) is 0. The third-order valence-corrected chi connectivity index (χ3v) is 2.06. The normalized spacial score (nSPS) is 9.59. The molecule has 0 amide bonds. The summed E-state index contributed by atoms with van der Waals surface area (Å²) in [4.78, 5) is 34.7. The van der Waals surface area contributed by atoms with Crippen LogP contribution in [0.4, 0.5) is 0 Å². The first-order valence-corrected chi connectivity index (χ1v) is 4.57. The Morgan fingerprint density at radius 3 is 2.53 bits per heavy atom. The van der Waals surface area contributed by atoms with Gasteiger partial charge in [0.25, 0.3) is 5.56 Å². The fourth-order valence-corrected chi connectivity index (χ4v) is 1.27. The molecule has 0 saturated carbocycles. The molecule has 0 unspecified atom stereocenters. The summed E-state index contributed by atoms with van der Waals surface area (Å²) < 4.78 is 0. The molecule has 0 bridgehead atoms. The topological polar surface area (TPSA) is 131 Å². The van der Waals surface area contributed by atoms with Gasteiger partial charge in [0.05, 0.1) is 12.0 Å². The van der Waals surface area contributed by atoms with Crippen LogP contribution in [0.1, 0.15) is 28.0 Å². The molecule has 1 rings (SSSR count). The first kappa shape index (κ1) is 12.4. The lowest BCUT2D eigenvalue weighted by Gasteiger charge is -2.04. The summed E-state index contributed by atoms with van der Waals surface area (Å²) in [5.74, 6) is -2.43. The molecule has 7 heteroatoms. The first-order valence-electron chi connectivity index (χ1n) is 4.57. The number of nitrogens with one attached hydrogen (secondary N) is 1. The summed E-state index contributed by atoms with van der Waals surface area (Å²) in [6.45, 7) is 0. The molecule has 0 spiro atoms. The van der Waals surface area contributed by atoms with E-state index in [-0.39, 0.29) is 29.7 Å². The minimum Gasteiger partial charge on any atom is -0.481 e. The van der Waals surface area contributed by atoms with Gasteiger partial charge in [0.1, 0.15) is 11.6 Å². The maximum Gasteiger partial charge on any atom is 0.337 e. The van der Waals surface area contributed by atoms with Gasteiger partial charge in [-0.25, -0.2) is 4.79 Å². The molecule has 0 radical (unpaired) electrons. The Hall–Kier alpha value is -2.62. The van der Waals surface area contributed by atoms with E-state index in [0.29, 0.717) is 0 Å². The molecular formula is C10H8N2O5. The summed E-state index contributed by atoms with van der Waals surface area (Å²) in [6.07, 6.45) is -0.417. The summed E-state index contributed by atoms with van der Waals surface area (Å²) >= 11 is 0. The van der Waals surface area contributed by atoms with Gasteiger partial charge in [-0.05, 0) is 12.5 Å². The highest BCUT2D eigenvalue weighted by Gasteiger charge is 2.15. The summed E-state index contributed by atoms with van der Waals surface area (Å²) in [5.41, 5.74) is -1.30. The number of carboxylic acids is 2. The molecule has 0 aliphatic carbocycles. The Labute approximate surface area is 94.9 Å². The van der Waals surface area contributed by atoms with Crippen molar-refractivity contribution in [3.05, 3.63) is 33.2 Å². The number of nitriles is 1. The van der Waals surface area contributed by atoms with Gasteiger partial charge in [-0.3, -0.25) is 9.59 Å². The number of carbonyl (C=O) groups is 2. The number of hydrogen-bond acceptors (Lipinski definition) is 4. The Balaban J connectivity index is 3.24. The molecule has 0 aliphatic rings. The van der Waals surface area contributed by atoms with Crippen molar-refractivity contribution in [2.24, 2.45) is 0 Å². The third kappa shape index (κ3) is 2.92. The second-order valence-electron chi connectivity index (χ2n) is 3.22. The zero-order valence-electron chi connectivity index (χ0n) is 8.56. The average Bonchev–Trinajstić information content (AvgIpc) is 2.25. The van der Waals surface area contributed by atoms with Crippen LogP contribution in [-0.4, -0.2) is 27.1 Å². The van der Waals surface area contributed by atoms with Crippen LogP contribution in [0.5, 0.6) is 0 Å². The molecule has 1 aromatic rings. The van der Waals surface area contributed by atoms with E-state index in [1.807, 2.05) is 0 Å². The molecule has 0 fully saturated rings. The molecule has 3 N–H and O–H groups in total. The minimum absolute atomic E-state index is 0.00361. The van der Waals surface area contributed by atoms with Crippen molar-refractivity contribution in [2.45, 2.75) is 12.8 Å². The van der Waals surface area contributed by atoms with Gasteiger partial charge in [0, 0.05) is 5.69 Å². The van der Waals surface area contributed by atoms with Gasteiger partial charge in [0.15, 0.2) is 0 Å². The van der Waals surface area contributed by atoms with Crippen molar-refractivity contribution in [3.8, 4) is 6.07 Å². The average molecular weight is 236 g/mol.